The standard InChI is InChI=1S/C26H26N2O8/c1-28(2)10-13-3-6-18(36-13)14-4-5-16(29)20-15(14)8-11-7-12-9-17(30)21(25(27)34)24(33)26(12,35)23(32)19(11)22(20)31/h3-6,11-12,19,21,29,35H,7-10H2,1-2H3,(H2,27,34)/t11-,12+,19?,21?,26+/m1/s1. The first-order valence-electron chi connectivity index (χ1n) is 11.7. The van der Waals surface area contributed by atoms with E-state index in [-0.39, 0.29) is 30.6 Å². The number of furan rings is 1. The van der Waals surface area contributed by atoms with Crippen molar-refractivity contribution in [1.29, 1.82) is 0 Å². The number of nitrogens with two attached hydrogens (primary N) is 1. The van der Waals surface area contributed by atoms with Gasteiger partial charge in [-0.25, -0.2) is 0 Å². The lowest BCUT2D eigenvalue weighted by Gasteiger charge is -2.48. The SMILES string of the molecule is CN(C)Cc1ccc(-c2ccc(O)c3c2C[C@H]2C[C@H]4CC(=O)C(C(N)=O)C(=O)[C@@]4(O)C(=O)C2C3=O)o1. The zero-order valence-electron chi connectivity index (χ0n) is 19.8. The summed E-state index contributed by atoms with van der Waals surface area (Å²) in [5, 5.41) is 21.8. The van der Waals surface area contributed by atoms with Gasteiger partial charge in [0.25, 0.3) is 0 Å². The summed E-state index contributed by atoms with van der Waals surface area (Å²) in [4.78, 5) is 66.3. The minimum absolute atomic E-state index is 0.0418. The van der Waals surface area contributed by atoms with E-state index in [0.29, 0.717) is 29.2 Å². The monoisotopic (exact) mass is 494 g/mol. The van der Waals surface area contributed by atoms with Crippen LogP contribution < -0.4 is 5.73 Å². The molecule has 3 aliphatic carbocycles. The van der Waals surface area contributed by atoms with Crippen LogP contribution in [0.5, 0.6) is 5.75 Å². The zero-order chi connectivity index (χ0) is 26.1. The molecule has 1 aromatic carbocycles. The molecule has 1 amide bonds. The summed E-state index contributed by atoms with van der Waals surface area (Å²) in [6.45, 7) is 0.563. The van der Waals surface area contributed by atoms with Crippen molar-refractivity contribution in [2.75, 3.05) is 14.1 Å². The van der Waals surface area contributed by atoms with Gasteiger partial charge in [0, 0.05) is 17.9 Å². The second-order valence-corrected chi connectivity index (χ2v) is 10.2. The van der Waals surface area contributed by atoms with Crippen molar-refractivity contribution in [1.82, 2.24) is 4.90 Å². The van der Waals surface area contributed by atoms with Crippen molar-refractivity contribution in [2.24, 2.45) is 29.4 Å². The Bertz CT molecular complexity index is 1340. The highest BCUT2D eigenvalue weighted by molar-refractivity contribution is 6.31. The molecule has 3 aliphatic rings. The van der Waals surface area contributed by atoms with E-state index in [9.17, 15) is 34.2 Å². The summed E-state index contributed by atoms with van der Waals surface area (Å²) in [6, 6.07) is 6.58. The minimum Gasteiger partial charge on any atom is -0.507 e. The average molecular weight is 495 g/mol. The van der Waals surface area contributed by atoms with E-state index >= 15 is 0 Å². The van der Waals surface area contributed by atoms with Gasteiger partial charge in [-0.3, -0.25) is 24.0 Å². The van der Waals surface area contributed by atoms with Crippen LogP contribution in [0, 0.1) is 23.7 Å². The van der Waals surface area contributed by atoms with E-state index in [1.54, 1.807) is 12.1 Å². The summed E-state index contributed by atoms with van der Waals surface area (Å²) in [6.07, 6.45) is -0.135. The molecule has 1 aromatic heterocycles. The van der Waals surface area contributed by atoms with Gasteiger partial charge in [0.1, 0.15) is 17.3 Å². The maximum atomic E-state index is 13.6. The third kappa shape index (κ3) is 3.35. The first kappa shape index (κ1) is 24.1. The molecule has 0 bridgehead atoms. The summed E-state index contributed by atoms with van der Waals surface area (Å²) in [5.74, 6) is -9.09. The zero-order valence-corrected chi connectivity index (χ0v) is 19.8. The van der Waals surface area contributed by atoms with Gasteiger partial charge in [-0.05, 0) is 62.7 Å². The number of amides is 1. The molecule has 0 spiro atoms. The Labute approximate surface area is 206 Å². The molecule has 2 aromatic rings. The fraction of sp³-hybridized carbons (Fsp3) is 0.423. The predicted molar refractivity (Wildman–Crippen MR) is 124 cm³/mol. The van der Waals surface area contributed by atoms with Gasteiger partial charge in [-0.15, -0.1) is 0 Å². The largest absolute Gasteiger partial charge is 0.507 e. The minimum atomic E-state index is -2.66. The van der Waals surface area contributed by atoms with Crippen molar-refractivity contribution in [3.63, 3.8) is 0 Å². The molecule has 1 heterocycles. The number of aromatic hydroxyl groups is 1. The fourth-order valence-corrected chi connectivity index (χ4v) is 6.12. The van der Waals surface area contributed by atoms with E-state index in [2.05, 4.69) is 0 Å². The first-order chi connectivity index (χ1) is 16.9. The maximum Gasteiger partial charge on any atom is 0.235 e. The molecule has 5 atom stereocenters. The number of carbonyl (C=O) groups is 5. The van der Waals surface area contributed by atoms with Crippen LogP contribution in [0.2, 0.25) is 0 Å². The van der Waals surface area contributed by atoms with Crippen molar-refractivity contribution < 1.29 is 38.6 Å². The lowest BCUT2D eigenvalue weighted by atomic mass is 9.53. The van der Waals surface area contributed by atoms with Crippen molar-refractivity contribution in [3.8, 4) is 17.1 Å². The van der Waals surface area contributed by atoms with Gasteiger partial charge in [-0.1, -0.05) is 0 Å². The molecule has 2 saturated carbocycles. The normalized spacial score (nSPS) is 29.7. The Balaban J connectivity index is 1.57. The molecule has 0 radical (unpaired) electrons. The molecule has 36 heavy (non-hydrogen) atoms. The third-order valence-electron chi connectivity index (χ3n) is 7.68. The number of hydrogen-bond acceptors (Lipinski definition) is 9. The average Bonchev–Trinajstić information content (AvgIpc) is 3.23. The molecule has 10 nitrogen and oxygen atoms in total. The van der Waals surface area contributed by atoms with E-state index in [0.717, 1.165) is 0 Å². The second kappa shape index (κ2) is 8.21. The Morgan fingerprint density at radius 1 is 1.11 bits per heavy atom. The van der Waals surface area contributed by atoms with Gasteiger partial charge < -0.3 is 25.3 Å². The van der Waals surface area contributed by atoms with Crippen LogP contribution in [0.15, 0.2) is 28.7 Å². The Kier molecular flexibility index (Phi) is 5.49. The summed E-state index contributed by atoms with van der Waals surface area (Å²) in [7, 11) is 3.80. The number of primary amides is 1. The molecular weight excluding hydrogens is 468 g/mol. The van der Waals surface area contributed by atoms with Crippen LogP contribution in [0.1, 0.15) is 34.5 Å². The smallest absolute Gasteiger partial charge is 0.235 e. The molecule has 4 N–H and O–H groups in total. The predicted octanol–water partition coefficient (Wildman–Crippen LogP) is 0.648. The second-order valence-electron chi connectivity index (χ2n) is 10.2. The Morgan fingerprint density at radius 3 is 2.50 bits per heavy atom. The van der Waals surface area contributed by atoms with E-state index < -0.39 is 58.3 Å². The van der Waals surface area contributed by atoms with E-state index in [4.69, 9.17) is 10.2 Å². The number of hydrogen-bond donors (Lipinski definition) is 3. The van der Waals surface area contributed by atoms with Gasteiger partial charge in [0.05, 0.1) is 18.0 Å². The number of phenolic OH excluding ortho intramolecular Hbond substituents is 1. The number of aliphatic hydroxyl groups is 1. The lowest BCUT2D eigenvalue weighted by Crippen LogP contribution is -2.68. The molecule has 188 valence electrons. The van der Waals surface area contributed by atoms with Crippen LogP contribution in [0.25, 0.3) is 11.3 Å². The summed E-state index contributed by atoms with van der Waals surface area (Å²) < 4.78 is 5.97. The van der Waals surface area contributed by atoms with Crippen LogP contribution >= 0.6 is 0 Å². The van der Waals surface area contributed by atoms with Crippen molar-refractivity contribution in [3.05, 3.63) is 41.2 Å². The van der Waals surface area contributed by atoms with Crippen molar-refractivity contribution in [2.45, 2.75) is 31.4 Å². The maximum absolute atomic E-state index is 13.6. The topological polar surface area (TPSA) is 168 Å². The molecule has 2 unspecified atom stereocenters. The van der Waals surface area contributed by atoms with Crippen LogP contribution in [-0.4, -0.2) is 63.8 Å². The molecule has 5 rings (SSSR count). The van der Waals surface area contributed by atoms with Crippen molar-refractivity contribution >= 4 is 29.0 Å². The summed E-state index contributed by atoms with van der Waals surface area (Å²) >= 11 is 0. The quantitative estimate of drug-likeness (QED) is 0.517. The third-order valence-corrected chi connectivity index (χ3v) is 7.68. The Hall–Kier alpha value is -3.63. The molecular formula is C26H26N2O8. The molecule has 0 saturated heterocycles. The van der Waals surface area contributed by atoms with Crippen LogP contribution in [0.3, 0.4) is 0 Å². The van der Waals surface area contributed by atoms with Gasteiger partial charge in [0.2, 0.25) is 5.91 Å². The highest BCUT2D eigenvalue weighted by atomic mass is 16.3. The highest BCUT2D eigenvalue weighted by Crippen LogP contribution is 2.51. The Morgan fingerprint density at radius 2 is 1.83 bits per heavy atom. The fourth-order valence-electron chi connectivity index (χ4n) is 6.12. The molecule has 10 heteroatoms. The van der Waals surface area contributed by atoms with Gasteiger partial charge in [0.15, 0.2) is 34.7 Å². The highest BCUT2D eigenvalue weighted by Gasteiger charge is 2.66. The number of carbonyl (C=O) groups excluding carboxylic acids is 5. The van der Waals surface area contributed by atoms with Crippen LogP contribution in [0.4, 0.5) is 0 Å². The number of ketones is 4. The van der Waals surface area contributed by atoms with Gasteiger partial charge in [-0.2, -0.15) is 0 Å². The van der Waals surface area contributed by atoms with Gasteiger partial charge >= 0.3 is 0 Å². The van der Waals surface area contributed by atoms with E-state index in [1.807, 2.05) is 25.1 Å². The van der Waals surface area contributed by atoms with Crippen LogP contribution in [-0.2, 0) is 32.1 Å². The number of phenols is 1. The number of fused-ring (bicyclic) bond motifs is 3. The number of nitrogens with zero attached hydrogens (tertiary/aromatic N) is 1. The number of benzene rings is 1. The number of Topliss-reactive ketones (excluding diaryl/α,β-unsaturated/α-hetero) is 4. The molecule has 2 fully saturated rings. The summed E-state index contributed by atoms with van der Waals surface area (Å²) in [5.41, 5.74) is 3.59. The first-order valence-corrected chi connectivity index (χ1v) is 11.7. The number of rotatable bonds is 4. The van der Waals surface area contributed by atoms with E-state index in [1.165, 1.54) is 6.07 Å². The lowest BCUT2D eigenvalue weighted by molar-refractivity contribution is -0.175. The molecule has 0 aliphatic heterocycles.